The maximum absolute atomic E-state index is 11.8. The molecule has 5 nitrogen and oxygen atoms in total. The van der Waals surface area contributed by atoms with Crippen molar-refractivity contribution < 1.29 is 9.59 Å². The molecule has 1 heterocycles. The van der Waals surface area contributed by atoms with Crippen LogP contribution in [0, 0.1) is 0 Å². The Morgan fingerprint density at radius 2 is 2.47 bits per heavy atom. The molecule has 1 aromatic heterocycles. The van der Waals surface area contributed by atoms with Crippen molar-refractivity contribution in [1.29, 1.82) is 0 Å². The fourth-order valence-corrected chi connectivity index (χ4v) is 1.27. The number of carbonyl (C=O) groups excluding carboxylic acids is 2. The fourth-order valence-electron chi connectivity index (χ4n) is 1.27. The predicted octanol–water partition coefficient (Wildman–Crippen LogP) is 0.574. The molecule has 0 aliphatic heterocycles. The topological polar surface area (TPSA) is 72.0 Å². The summed E-state index contributed by atoms with van der Waals surface area (Å²) in [4.78, 5) is 22.1. The Morgan fingerprint density at radius 1 is 1.67 bits per heavy atom. The molecule has 1 rings (SSSR count). The minimum Gasteiger partial charge on any atom is -0.348 e. The lowest BCUT2D eigenvalue weighted by atomic mass is 10.1. The minimum absolute atomic E-state index is 0.197. The Bertz CT molecular complexity index is 327. The number of ketones is 1. The number of aromatic nitrogens is 2. The van der Waals surface area contributed by atoms with Crippen molar-refractivity contribution in [2.45, 2.75) is 25.8 Å². The molecule has 1 atom stereocenters. The summed E-state index contributed by atoms with van der Waals surface area (Å²) in [6, 6.07) is 2.73. The molecule has 0 aromatic carbocycles. The fraction of sp³-hybridized carbons (Fsp3) is 0.400. The van der Waals surface area contributed by atoms with Gasteiger partial charge in [-0.2, -0.15) is 5.10 Å². The Kier molecular flexibility index (Phi) is 4.40. The van der Waals surface area contributed by atoms with Crippen LogP contribution in [0.4, 0.5) is 0 Å². The number of hydrogen-bond donors (Lipinski definition) is 1. The van der Waals surface area contributed by atoms with Crippen LogP contribution in [0.15, 0.2) is 18.3 Å². The van der Waals surface area contributed by atoms with Crippen molar-refractivity contribution >= 4 is 12.2 Å². The highest BCUT2D eigenvalue weighted by molar-refractivity contribution is 5.99. The largest absolute Gasteiger partial charge is 0.348 e. The van der Waals surface area contributed by atoms with Crippen LogP contribution < -0.4 is 5.32 Å². The number of Topliss-reactive ketones (excluding diaryl/α,β-unsaturated/α-hetero) is 1. The second-order valence-corrected chi connectivity index (χ2v) is 3.10. The van der Waals surface area contributed by atoms with Gasteiger partial charge in [0.25, 0.3) is 0 Å². The Hall–Kier alpha value is -1.78. The Balaban J connectivity index is 2.76. The third-order valence-electron chi connectivity index (χ3n) is 1.99. The summed E-state index contributed by atoms with van der Waals surface area (Å²) in [7, 11) is 0. The van der Waals surface area contributed by atoms with Crippen molar-refractivity contribution in [2.24, 2.45) is 0 Å². The van der Waals surface area contributed by atoms with E-state index >= 15 is 0 Å². The molecule has 0 saturated heterocycles. The molecule has 1 aromatic rings. The highest BCUT2D eigenvalue weighted by Crippen LogP contribution is 2.04. The zero-order valence-corrected chi connectivity index (χ0v) is 8.51. The highest BCUT2D eigenvalue weighted by Gasteiger charge is 2.19. The van der Waals surface area contributed by atoms with Crippen LogP contribution in [0.2, 0.25) is 0 Å². The molecule has 0 fully saturated rings. The molecule has 80 valence electrons. The smallest absolute Gasteiger partial charge is 0.207 e. The van der Waals surface area contributed by atoms with Crippen LogP contribution in [-0.2, 0) is 4.79 Å². The highest BCUT2D eigenvalue weighted by atomic mass is 16.1. The van der Waals surface area contributed by atoms with Gasteiger partial charge in [0, 0.05) is 6.20 Å². The van der Waals surface area contributed by atoms with E-state index in [4.69, 9.17) is 0 Å². The monoisotopic (exact) mass is 207 g/mol. The first kappa shape index (κ1) is 11.3. The van der Waals surface area contributed by atoms with Gasteiger partial charge >= 0.3 is 0 Å². The second-order valence-electron chi connectivity index (χ2n) is 3.10. The van der Waals surface area contributed by atoms with Gasteiger partial charge in [-0.1, -0.05) is 13.3 Å². The Labute approximate surface area is 87.9 Å². The van der Waals surface area contributed by atoms with Gasteiger partial charge in [-0.3, -0.25) is 9.59 Å². The molecule has 1 amide bonds. The number of nitrogens with one attached hydrogen (secondary N) is 1. The quantitative estimate of drug-likeness (QED) is 0.547. The predicted molar refractivity (Wildman–Crippen MR) is 54.3 cm³/mol. The van der Waals surface area contributed by atoms with Gasteiger partial charge in [-0.15, -0.1) is 5.10 Å². The summed E-state index contributed by atoms with van der Waals surface area (Å²) in [6.45, 7) is 1.95. The van der Waals surface area contributed by atoms with E-state index in [2.05, 4.69) is 15.5 Å². The first-order valence-corrected chi connectivity index (χ1v) is 4.81. The molecular formula is C10H13N3O2. The SMILES string of the molecule is CCC[C@H](NC=O)C(=O)c1cccnn1. The molecule has 0 aliphatic rings. The Morgan fingerprint density at radius 3 is 3.00 bits per heavy atom. The third kappa shape index (κ3) is 3.12. The van der Waals surface area contributed by atoms with Gasteiger partial charge < -0.3 is 5.32 Å². The number of amides is 1. The molecule has 0 spiro atoms. The van der Waals surface area contributed by atoms with Crippen LogP contribution >= 0.6 is 0 Å². The number of nitrogens with zero attached hydrogens (tertiary/aromatic N) is 2. The van der Waals surface area contributed by atoms with Crippen molar-refractivity contribution in [3.8, 4) is 0 Å². The van der Waals surface area contributed by atoms with E-state index < -0.39 is 6.04 Å². The molecule has 0 aliphatic carbocycles. The zero-order valence-electron chi connectivity index (χ0n) is 8.51. The first-order chi connectivity index (χ1) is 7.29. The van der Waals surface area contributed by atoms with Crippen LogP contribution in [0.3, 0.4) is 0 Å². The third-order valence-corrected chi connectivity index (χ3v) is 1.99. The summed E-state index contributed by atoms with van der Waals surface area (Å²) < 4.78 is 0. The summed E-state index contributed by atoms with van der Waals surface area (Å²) in [6.07, 6.45) is 3.46. The summed E-state index contributed by atoms with van der Waals surface area (Å²) in [5, 5.41) is 9.81. The molecule has 1 N–H and O–H groups in total. The lowest BCUT2D eigenvalue weighted by Crippen LogP contribution is -2.36. The average molecular weight is 207 g/mol. The molecule has 0 radical (unpaired) electrons. The standard InChI is InChI=1S/C10H13N3O2/c1-2-4-8(11-7-14)10(15)9-5-3-6-12-13-9/h3,5-8H,2,4H2,1H3,(H,11,14)/t8-/m0/s1. The summed E-state index contributed by atoms with van der Waals surface area (Å²) >= 11 is 0. The lowest BCUT2D eigenvalue weighted by Gasteiger charge is -2.12. The molecule has 0 bridgehead atoms. The van der Waals surface area contributed by atoms with E-state index in [0.29, 0.717) is 12.8 Å². The maximum atomic E-state index is 11.8. The van der Waals surface area contributed by atoms with E-state index in [-0.39, 0.29) is 11.5 Å². The van der Waals surface area contributed by atoms with Gasteiger partial charge in [0.15, 0.2) is 0 Å². The lowest BCUT2D eigenvalue weighted by molar-refractivity contribution is -0.110. The second kappa shape index (κ2) is 5.85. The average Bonchev–Trinajstić information content (AvgIpc) is 2.29. The van der Waals surface area contributed by atoms with E-state index in [1.54, 1.807) is 12.1 Å². The molecule has 0 unspecified atom stereocenters. The van der Waals surface area contributed by atoms with Crippen molar-refractivity contribution in [3.05, 3.63) is 24.0 Å². The van der Waals surface area contributed by atoms with Gasteiger partial charge in [0.1, 0.15) is 5.69 Å². The summed E-state index contributed by atoms with van der Waals surface area (Å²) in [5.74, 6) is -0.197. The molecule has 0 saturated carbocycles. The van der Waals surface area contributed by atoms with Gasteiger partial charge in [-0.25, -0.2) is 0 Å². The van der Waals surface area contributed by atoms with Crippen LogP contribution in [-0.4, -0.2) is 28.4 Å². The molecule has 5 heteroatoms. The van der Waals surface area contributed by atoms with Crippen molar-refractivity contribution in [3.63, 3.8) is 0 Å². The summed E-state index contributed by atoms with van der Waals surface area (Å²) in [5.41, 5.74) is 0.283. The van der Waals surface area contributed by atoms with Crippen LogP contribution in [0.1, 0.15) is 30.3 Å². The number of hydrogen-bond acceptors (Lipinski definition) is 4. The van der Waals surface area contributed by atoms with Gasteiger partial charge in [-0.05, 0) is 18.6 Å². The number of carbonyl (C=O) groups is 2. The minimum atomic E-state index is -0.496. The first-order valence-electron chi connectivity index (χ1n) is 4.81. The zero-order chi connectivity index (χ0) is 11.1. The van der Waals surface area contributed by atoms with E-state index in [9.17, 15) is 9.59 Å². The normalized spacial score (nSPS) is 11.8. The van der Waals surface area contributed by atoms with E-state index in [0.717, 1.165) is 6.42 Å². The maximum Gasteiger partial charge on any atom is 0.207 e. The van der Waals surface area contributed by atoms with E-state index in [1.165, 1.54) is 6.20 Å². The number of rotatable bonds is 6. The van der Waals surface area contributed by atoms with Crippen molar-refractivity contribution in [1.82, 2.24) is 15.5 Å². The van der Waals surface area contributed by atoms with Crippen molar-refractivity contribution in [2.75, 3.05) is 0 Å². The van der Waals surface area contributed by atoms with Gasteiger partial charge in [0.05, 0.1) is 6.04 Å². The van der Waals surface area contributed by atoms with Crippen LogP contribution in [0.25, 0.3) is 0 Å². The van der Waals surface area contributed by atoms with Gasteiger partial charge in [0.2, 0.25) is 12.2 Å². The molecule has 15 heavy (non-hydrogen) atoms. The van der Waals surface area contributed by atoms with Crippen LogP contribution in [0.5, 0.6) is 0 Å². The molecular weight excluding hydrogens is 194 g/mol. The van der Waals surface area contributed by atoms with E-state index in [1.807, 2.05) is 6.92 Å².